The quantitative estimate of drug-likeness (QED) is 0.533. The Morgan fingerprint density at radius 2 is 1.47 bits per heavy atom. The Hall–Kier alpha value is -3.47. The van der Waals surface area contributed by atoms with E-state index in [-0.39, 0.29) is 30.1 Å². The van der Waals surface area contributed by atoms with Gasteiger partial charge in [-0.1, -0.05) is 86.1 Å². The molecular formula is C27H29FN2O2. The maximum atomic E-state index is 13.4. The highest BCUT2D eigenvalue weighted by molar-refractivity contribution is 5.89. The molecule has 0 aliphatic rings. The van der Waals surface area contributed by atoms with Crippen molar-refractivity contribution >= 4 is 11.8 Å². The van der Waals surface area contributed by atoms with Gasteiger partial charge in [-0.25, -0.2) is 4.39 Å². The van der Waals surface area contributed by atoms with Crippen LogP contribution >= 0.6 is 0 Å². The third-order valence-electron chi connectivity index (χ3n) is 5.31. The van der Waals surface area contributed by atoms with Gasteiger partial charge in [-0.05, 0) is 35.7 Å². The molecule has 0 fully saturated rings. The minimum atomic E-state index is -0.804. The average Bonchev–Trinajstić information content (AvgIpc) is 2.79. The maximum Gasteiger partial charge on any atom is 0.247 e. The molecule has 0 aliphatic heterocycles. The van der Waals surface area contributed by atoms with Crippen LogP contribution in [0.25, 0.3) is 0 Å². The molecule has 1 atom stereocenters. The number of rotatable bonds is 8. The van der Waals surface area contributed by atoms with Crippen molar-refractivity contribution in [2.75, 3.05) is 0 Å². The average molecular weight is 433 g/mol. The molecule has 32 heavy (non-hydrogen) atoms. The Bertz CT molecular complexity index is 1030. The summed E-state index contributed by atoms with van der Waals surface area (Å²) in [7, 11) is 0. The van der Waals surface area contributed by atoms with E-state index in [1.807, 2.05) is 75.4 Å². The van der Waals surface area contributed by atoms with Crippen LogP contribution in [0.4, 0.5) is 4.39 Å². The molecule has 0 unspecified atom stereocenters. The van der Waals surface area contributed by atoms with Crippen LogP contribution in [0.1, 0.15) is 42.1 Å². The van der Waals surface area contributed by atoms with Gasteiger partial charge in [0.25, 0.3) is 0 Å². The Morgan fingerprint density at radius 1 is 0.875 bits per heavy atom. The van der Waals surface area contributed by atoms with Crippen LogP contribution < -0.4 is 5.32 Å². The molecule has 3 aromatic carbocycles. The highest BCUT2D eigenvalue weighted by Gasteiger charge is 2.32. The van der Waals surface area contributed by atoms with Crippen molar-refractivity contribution in [1.29, 1.82) is 0 Å². The van der Waals surface area contributed by atoms with E-state index in [4.69, 9.17) is 0 Å². The molecule has 0 aliphatic carbocycles. The molecule has 4 nitrogen and oxygen atoms in total. The zero-order chi connectivity index (χ0) is 23.1. The molecule has 0 spiro atoms. The first-order valence-electron chi connectivity index (χ1n) is 10.8. The predicted octanol–water partition coefficient (Wildman–Crippen LogP) is 5.18. The van der Waals surface area contributed by atoms with Crippen LogP contribution in [0.15, 0.2) is 78.9 Å². The van der Waals surface area contributed by atoms with Gasteiger partial charge in [0.1, 0.15) is 11.9 Å². The van der Waals surface area contributed by atoms with Gasteiger partial charge in [0, 0.05) is 19.0 Å². The summed E-state index contributed by atoms with van der Waals surface area (Å²) in [6, 6.07) is 22.4. The minimum Gasteiger partial charge on any atom is -0.350 e. The van der Waals surface area contributed by atoms with E-state index in [9.17, 15) is 14.0 Å². The molecule has 3 rings (SSSR count). The van der Waals surface area contributed by atoms with Crippen molar-refractivity contribution in [2.24, 2.45) is 5.92 Å². The van der Waals surface area contributed by atoms with E-state index in [0.29, 0.717) is 6.54 Å². The minimum absolute atomic E-state index is 0.145. The largest absolute Gasteiger partial charge is 0.350 e. The fraction of sp³-hybridized carbons (Fsp3) is 0.259. The number of hydrogen-bond acceptors (Lipinski definition) is 2. The summed E-state index contributed by atoms with van der Waals surface area (Å²) < 4.78 is 13.4. The lowest BCUT2D eigenvalue weighted by atomic mass is 10.0. The molecule has 0 aromatic heterocycles. The third-order valence-corrected chi connectivity index (χ3v) is 5.31. The normalized spacial score (nSPS) is 11.8. The fourth-order valence-corrected chi connectivity index (χ4v) is 3.51. The first kappa shape index (κ1) is 23.2. The molecule has 0 bridgehead atoms. The van der Waals surface area contributed by atoms with Crippen LogP contribution in [-0.2, 0) is 22.7 Å². The molecule has 0 saturated heterocycles. The van der Waals surface area contributed by atoms with Gasteiger partial charge in [-0.3, -0.25) is 9.59 Å². The second-order valence-electron chi connectivity index (χ2n) is 8.26. The first-order chi connectivity index (χ1) is 15.3. The van der Waals surface area contributed by atoms with Gasteiger partial charge in [-0.15, -0.1) is 0 Å². The monoisotopic (exact) mass is 432 g/mol. The summed E-state index contributed by atoms with van der Waals surface area (Å²) in [4.78, 5) is 28.2. The Kier molecular flexibility index (Phi) is 7.77. The summed E-state index contributed by atoms with van der Waals surface area (Å²) in [6.07, 6.45) is 0. The molecule has 5 heteroatoms. The summed E-state index contributed by atoms with van der Waals surface area (Å²) in [5.41, 5.74) is 3.61. The molecule has 166 valence electrons. The Morgan fingerprint density at radius 3 is 2.06 bits per heavy atom. The number of benzene rings is 3. The zero-order valence-electron chi connectivity index (χ0n) is 18.7. The summed E-state index contributed by atoms with van der Waals surface area (Å²) in [5.74, 6) is -1.04. The first-order valence-corrected chi connectivity index (χ1v) is 10.8. The lowest BCUT2D eigenvalue weighted by Crippen LogP contribution is -2.44. The van der Waals surface area contributed by atoms with Crippen molar-refractivity contribution in [1.82, 2.24) is 10.2 Å². The van der Waals surface area contributed by atoms with E-state index >= 15 is 0 Å². The molecule has 0 saturated carbocycles. The van der Waals surface area contributed by atoms with E-state index < -0.39 is 6.04 Å². The molecular weight excluding hydrogens is 403 g/mol. The predicted molar refractivity (Wildman–Crippen MR) is 124 cm³/mol. The number of carbonyl (C=O) groups excluding carboxylic acids is 2. The third kappa shape index (κ3) is 6.03. The number of halogens is 1. The van der Waals surface area contributed by atoms with Crippen molar-refractivity contribution in [3.63, 3.8) is 0 Å². The molecule has 0 radical (unpaired) electrons. The number of carbonyl (C=O) groups is 2. The number of aryl methyl sites for hydroxylation is 1. The van der Waals surface area contributed by atoms with Crippen LogP contribution in [0, 0.1) is 18.7 Å². The van der Waals surface area contributed by atoms with Crippen LogP contribution in [0.2, 0.25) is 0 Å². The maximum absolute atomic E-state index is 13.4. The van der Waals surface area contributed by atoms with Crippen LogP contribution in [0.3, 0.4) is 0 Å². The van der Waals surface area contributed by atoms with Crippen molar-refractivity contribution in [3.8, 4) is 0 Å². The van der Waals surface area contributed by atoms with E-state index in [2.05, 4.69) is 5.32 Å². The smallest absolute Gasteiger partial charge is 0.247 e. The summed E-state index contributed by atoms with van der Waals surface area (Å²) in [6.45, 7) is 6.20. The second kappa shape index (κ2) is 10.7. The highest BCUT2D eigenvalue weighted by atomic mass is 19.1. The number of hydrogen-bond donors (Lipinski definition) is 1. The van der Waals surface area contributed by atoms with Gasteiger partial charge in [0.15, 0.2) is 0 Å². The molecule has 1 N–H and O–H groups in total. The van der Waals surface area contributed by atoms with Gasteiger partial charge >= 0.3 is 0 Å². The SMILES string of the molecule is Cc1ccc(CNC(=O)[C@@H](c2ccccc2)N(Cc2ccc(F)cc2)C(=O)C(C)C)cc1. The van der Waals surface area contributed by atoms with Gasteiger partial charge < -0.3 is 10.2 Å². The van der Waals surface area contributed by atoms with Crippen LogP contribution in [0.5, 0.6) is 0 Å². The molecule has 2 amide bonds. The topological polar surface area (TPSA) is 49.4 Å². The summed E-state index contributed by atoms with van der Waals surface area (Å²) in [5, 5.41) is 2.99. The highest BCUT2D eigenvalue weighted by Crippen LogP contribution is 2.26. The van der Waals surface area contributed by atoms with Gasteiger partial charge in [0.2, 0.25) is 11.8 Å². The molecule has 3 aromatic rings. The lowest BCUT2D eigenvalue weighted by molar-refractivity contribution is -0.144. The van der Waals surface area contributed by atoms with E-state index in [1.54, 1.807) is 17.0 Å². The van der Waals surface area contributed by atoms with Crippen molar-refractivity contribution < 1.29 is 14.0 Å². The number of nitrogens with one attached hydrogen (secondary N) is 1. The zero-order valence-corrected chi connectivity index (χ0v) is 18.7. The Balaban J connectivity index is 1.92. The Labute approximate surface area is 189 Å². The van der Waals surface area contributed by atoms with E-state index in [1.165, 1.54) is 12.1 Å². The number of nitrogens with zero attached hydrogens (tertiary/aromatic N) is 1. The summed E-state index contributed by atoms with van der Waals surface area (Å²) >= 11 is 0. The lowest BCUT2D eigenvalue weighted by Gasteiger charge is -2.33. The number of amides is 2. The van der Waals surface area contributed by atoms with Crippen molar-refractivity contribution in [3.05, 3.63) is 107 Å². The van der Waals surface area contributed by atoms with Crippen LogP contribution in [-0.4, -0.2) is 16.7 Å². The fourth-order valence-electron chi connectivity index (χ4n) is 3.51. The van der Waals surface area contributed by atoms with Gasteiger partial charge in [-0.2, -0.15) is 0 Å². The standard InChI is InChI=1S/C27H29FN2O2/c1-19(2)27(32)30(18-22-13-15-24(28)16-14-22)25(23-7-5-4-6-8-23)26(31)29-17-21-11-9-20(3)10-12-21/h4-16,19,25H,17-18H2,1-3H3,(H,29,31)/t25-/m1/s1. The second-order valence-corrected chi connectivity index (χ2v) is 8.26. The van der Waals surface area contributed by atoms with Gasteiger partial charge in [0.05, 0.1) is 0 Å². The van der Waals surface area contributed by atoms with E-state index in [0.717, 1.165) is 22.3 Å². The molecule has 0 heterocycles. The van der Waals surface area contributed by atoms with Crippen molar-refractivity contribution in [2.45, 2.75) is 39.9 Å².